The van der Waals surface area contributed by atoms with Crippen LogP contribution in [0, 0.1) is 0 Å². The van der Waals surface area contributed by atoms with Gasteiger partial charge < -0.3 is 14.6 Å². The van der Waals surface area contributed by atoms with Crippen molar-refractivity contribution < 1.29 is 9.26 Å². The fourth-order valence-electron chi connectivity index (χ4n) is 1.66. The van der Waals surface area contributed by atoms with E-state index in [0.29, 0.717) is 19.8 Å². The van der Waals surface area contributed by atoms with Crippen LogP contribution in [-0.2, 0) is 24.3 Å². The molecule has 0 saturated heterocycles. The third-order valence-electron chi connectivity index (χ3n) is 2.72. The Hall–Kier alpha value is -1.17. The van der Waals surface area contributed by atoms with Gasteiger partial charge in [-0.15, -0.1) is 11.3 Å². The lowest BCUT2D eigenvalue weighted by atomic mass is 10.1. The van der Waals surface area contributed by atoms with E-state index in [2.05, 4.69) is 48.8 Å². The van der Waals surface area contributed by atoms with Gasteiger partial charge in [0, 0.05) is 29.4 Å². The molecule has 110 valence electrons. The summed E-state index contributed by atoms with van der Waals surface area (Å²) in [5.41, 5.74) is 0.993. The first kappa shape index (κ1) is 15.2. The molecule has 0 aliphatic heterocycles. The predicted molar refractivity (Wildman–Crippen MR) is 80.8 cm³/mol. The Balaban J connectivity index is 1.67. The molecular formula is C15H22N2O2S. The molecule has 2 heterocycles. The molecule has 0 unspecified atom stereocenters. The van der Waals surface area contributed by atoms with Crippen molar-refractivity contribution in [1.29, 1.82) is 0 Å². The second-order valence-electron chi connectivity index (χ2n) is 5.77. The van der Waals surface area contributed by atoms with Crippen LogP contribution >= 0.6 is 11.3 Å². The molecule has 2 aromatic rings. The zero-order valence-corrected chi connectivity index (χ0v) is 13.1. The number of ether oxygens (including phenoxy) is 1. The zero-order valence-electron chi connectivity index (χ0n) is 12.3. The van der Waals surface area contributed by atoms with E-state index in [-0.39, 0.29) is 5.54 Å². The number of nitrogens with zero attached hydrogens (tertiary/aromatic N) is 1. The highest BCUT2D eigenvalue weighted by Gasteiger charge is 2.11. The molecule has 0 amide bonds. The Morgan fingerprint density at radius 2 is 2.25 bits per heavy atom. The fraction of sp³-hybridized carbons (Fsp3) is 0.533. The lowest BCUT2D eigenvalue weighted by molar-refractivity contribution is 0.104. The second kappa shape index (κ2) is 7.02. The van der Waals surface area contributed by atoms with Crippen molar-refractivity contribution in [3.05, 3.63) is 39.9 Å². The van der Waals surface area contributed by atoms with Crippen molar-refractivity contribution in [2.24, 2.45) is 0 Å². The first-order valence-electron chi connectivity index (χ1n) is 6.82. The lowest BCUT2D eigenvalue weighted by Crippen LogP contribution is -2.35. The van der Waals surface area contributed by atoms with E-state index in [0.717, 1.165) is 17.9 Å². The molecule has 0 radical (unpaired) electrons. The minimum atomic E-state index is 0.0797. The third-order valence-corrected chi connectivity index (χ3v) is 3.66. The molecule has 0 bridgehead atoms. The average molecular weight is 294 g/mol. The quantitative estimate of drug-likeness (QED) is 0.795. The third kappa shape index (κ3) is 5.45. The average Bonchev–Trinajstić information content (AvgIpc) is 3.03. The fourth-order valence-corrected chi connectivity index (χ4v) is 2.35. The van der Waals surface area contributed by atoms with Gasteiger partial charge in [0.15, 0.2) is 5.76 Å². The van der Waals surface area contributed by atoms with E-state index < -0.39 is 0 Å². The van der Waals surface area contributed by atoms with Crippen LogP contribution in [0.3, 0.4) is 0 Å². The molecule has 2 rings (SSSR count). The molecule has 0 fully saturated rings. The van der Waals surface area contributed by atoms with Crippen LogP contribution in [0.5, 0.6) is 0 Å². The number of thiophene rings is 1. The van der Waals surface area contributed by atoms with Gasteiger partial charge in [0.1, 0.15) is 6.61 Å². The van der Waals surface area contributed by atoms with Gasteiger partial charge in [-0.2, -0.15) is 0 Å². The van der Waals surface area contributed by atoms with Crippen LogP contribution in [0.1, 0.15) is 37.1 Å². The van der Waals surface area contributed by atoms with Crippen LogP contribution in [0.15, 0.2) is 28.1 Å². The van der Waals surface area contributed by atoms with Crippen LogP contribution in [-0.4, -0.2) is 17.3 Å². The molecule has 0 aromatic carbocycles. The molecule has 2 aromatic heterocycles. The van der Waals surface area contributed by atoms with E-state index in [4.69, 9.17) is 9.26 Å². The standard InChI is InChI=1S/C15H22N2O2S/c1-15(2,3)16-10-12-9-13(19-17-12)11-18-7-6-14-5-4-8-20-14/h4-5,8-9,16H,6-7,10-11H2,1-3H3. The monoisotopic (exact) mass is 294 g/mol. The molecule has 4 nitrogen and oxygen atoms in total. The Kier molecular flexibility index (Phi) is 5.34. The van der Waals surface area contributed by atoms with Gasteiger partial charge in [-0.05, 0) is 32.2 Å². The smallest absolute Gasteiger partial charge is 0.162 e. The first-order valence-corrected chi connectivity index (χ1v) is 7.70. The number of hydrogen-bond acceptors (Lipinski definition) is 5. The molecular weight excluding hydrogens is 272 g/mol. The minimum Gasteiger partial charge on any atom is -0.373 e. The summed E-state index contributed by atoms with van der Waals surface area (Å²) in [4.78, 5) is 1.35. The Morgan fingerprint density at radius 1 is 1.40 bits per heavy atom. The maximum atomic E-state index is 5.60. The summed E-state index contributed by atoms with van der Waals surface area (Å²) in [7, 11) is 0. The number of nitrogens with one attached hydrogen (secondary N) is 1. The molecule has 20 heavy (non-hydrogen) atoms. The molecule has 5 heteroatoms. The molecule has 0 spiro atoms. The van der Waals surface area contributed by atoms with Crippen molar-refractivity contribution >= 4 is 11.3 Å². The molecule has 0 saturated carbocycles. The number of rotatable bonds is 7. The maximum Gasteiger partial charge on any atom is 0.162 e. The van der Waals surface area contributed by atoms with Gasteiger partial charge in [-0.25, -0.2) is 0 Å². The number of aromatic nitrogens is 1. The summed E-state index contributed by atoms with van der Waals surface area (Å²) in [5.74, 6) is 0.780. The van der Waals surface area contributed by atoms with Gasteiger partial charge in [-0.1, -0.05) is 11.2 Å². The Morgan fingerprint density at radius 3 is 2.95 bits per heavy atom. The van der Waals surface area contributed by atoms with Gasteiger partial charge in [-0.3, -0.25) is 0 Å². The van der Waals surface area contributed by atoms with Gasteiger partial charge in [0.05, 0.1) is 12.3 Å². The summed E-state index contributed by atoms with van der Waals surface area (Å²) in [6, 6.07) is 6.13. The van der Waals surface area contributed by atoms with E-state index in [1.807, 2.05) is 6.07 Å². The normalized spacial score (nSPS) is 11.9. The summed E-state index contributed by atoms with van der Waals surface area (Å²) in [6.07, 6.45) is 0.949. The number of hydrogen-bond donors (Lipinski definition) is 1. The van der Waals surface area contributed by atoms with E-state index in [1.165, 1.54) is 4.88 Å². The van der Waals surface area contributed by atoms with Crippen molar-refractivity contribution in [2.45, 2.75) is 45.9 Å². The van der Waals surface area contributed by atoms with E-state index >= 15 is 0 Å². The zero-order chi connectivity index (χ0) is 14.4. The topological polar surface area (TPSA) is 47.3 Å². The summed E-state index contributed by atoms with van der Waals surface area (Å²) >= 11 is 1.76. The molecule has 1 N–H and O–H groups in total. The molecule has 0 aliphatic rings. The minimum absolute atomic E-state index is 0.0797. The lowest BCUT2D eigenvalue weighted by Gasteiger charge is -2.19. The van der Waals surface area contributed by atoms with Crippen molar-refractivity contribution in [1.82, 2.24) is 10.5 Å². The summed E-state index contributed by atoms with van der Waals surface area (Å²) < 4.78 is 10.9. The predicted octanol–water partition coefficient (Wildman–Crippen LogP) is 3.38. The van der Waals surface area contributed by atoms with Crippen molar-refractivity contribution in [3.8, 4) is 0 Å². The highest BCUT2D eigenvalue weighted by molar-refractivity contribution is 7.09. The van der Waals surface area contributed by atoms with Crippen molar-refractivity contribution in [2.75, 3.05) is 6.61 Å². The van der Waals surface area contributed by atoms with E-state index in [9.17, 15) is 0 Å². The largest absolute Gasteiger partial charge is 0.373 e. The van der Waals surface area contributed by atoms with Crippen LogP contribution in [0.4, 0.5) is 0 Å². The van der Waals surface area contributed by atoms with Crippen molar-refractivity contribution in [3.63, 3.8) is 0 Å². The first-order chi connectivity index (χ1) is 9.53. The summed E-state index contributed by atoms with van der Waals surface area (Å²) in [6.45, 7) is 8.28. The van der Waals surface area contributed by atoms with Crippen LogP contribution in [0.2, 0.25) is 0 Å². The maximum absolute atomic E-state index is 5.60. The van der Waals surface area contributed by atoms with Crippen LogP contribution in [0.25, 0.3) is 0 Å². The Bertz CT molecular complexity index is 500. The van der Waals surface area contributed by atoms with Gasteiger partial charge in [0.2, 0.25) is 0 Å². The highest BCUT2D eigenvalue weighted by Crippen LogP contribution is 2.10. The second-order valence-corrected chi connectivity index (χ2v) is 6.80. The molecule has 0 aliphatic carbocycles. The SMILES string of the molecule is CC(C)(C)NCc1cc(COCCc2cccs2)on1. The molecule has 0 atom stereocenters. The summed E-state index contributed by atoms with van der Waals surface area (Å²) in [5, 5.41) is 9.49. The Labute approximate surface area is 124 Å². The highest BCUT2D eigenvalue weighted by atomic mass is 32.1. The van der Waals surface area contributed by atoms with Gasteiger partial charge in [0.25, 0.3) is 0 Å². The van der Waals surface area contributed by atoms with Gasteiger partial charge >= 0.3 is 0 Å². The van der Waals surface area contributed by atoms with E-state index in [1.54, 1.807) is 11.3 Å². The van der Waals surface area contributed by atoms with Crippen LogP contribution < -0.4 is 5.32 Å².